The van der Waals surface area contributed by atoms with E-state index < -0.39 is 0 Å². The lowest BCUT2D eigenvalue weighted by Gasteiger charge is -2.20. The summed E-state index contributed by atoms with van der Waals surface area (Å²) in [6, 6.07) is 12.4. The van der Waals surface area contributed by atoms with E-state index in [9.17, 15) is 0 Å². The number of aliphatic imine (C=N–C) groups is 1. The number of likely N-dealkylation sites (N-methyl/N-ethyl adjacent to an activating group) is 1. The molecule has 2 aromatic carbocycles. The fourth-order valence-electron chi connectivity index (χ4n) is 3.35. The lowest BCUT2D eigenvalue weighted by Crippen LogP contribution is -2.24. The average molecular weight is 417 g/mol. The van der Waals surface area contributed by atoms with Crippen LogP contribution in [0, 0.1) is 0 Å². The Hall–Kier alpha value is -2.01. The predicted octanol–water partition coefficient (Wildman–Crippen LogP) is 4.33. The Morgan fingerprint density at radius 3 is 2.69 bits per heavy atom. The molecule has 0 aromatic heterocycles. The molecule has 26 heavy (non-hydrogen) atoms. The third kappa shape index (κ3) is 4.04. The maximum absolute atomic E-state index is 5.93. The highest BCUT2D eigenvalue weighted by molar-refractivity contribution is 9.10. The molecule has 5 heteroatoms. The SMILES string of the molecule is CCOc1cccc(C2=NCCN2C)c1CCc1cc(Br)ccc1OC. The fraction of sp³-hybridized carbons (Fsp3) is 0.381. The minimum atomic E-state index is 0.652. The van der Waals surface area contributed by atoms with Crippen LogP contribution in [0.2, 0.25) is 0 Å². The first kappa shape index (κ1) is 18.8. The normalized spacial score (nSPS) is 13.7. The topological polar surface area (TPSA) is 34.1 Å². The molecule has 2 aromatic rings. The Morgan fingerprint density at radius 1 is 1.15 bits per heavy atom. The van der Waals surface area contributed by atoms with Crippen LogP contribution in [0.3, 0.4) is 0 Å². The summed E-state index contributed by atoms with van der Waals surface area (Å²) >= 11 is 3.56. The monoisotopic (exact) mass is 416 g/mol. The van der Waals surface area contributed by atoms with Gasteiger partial charge in [-0.25, -0.2) is 0 Å². The van der Waals surface area contributed by atoms with Crippen molar-refractivity contribution in [1.82, 2.24) is 4.90 Å². The van der Waals surface area contributed by atoms with Crippen molar-refractivity contribution in [2.24, 2.45) is 4.99 Å². The van der Waals surface area contributed by atoms with Crippen molar-refractivity contribution in [3.63, 3.8) is 0 Å². The second-order valence-corrected chi connectivity index (χ2v) is 7.21. The first-order valence-corrected chi connectivity index (χ1v) is 9.76. The van der Waals surface area contributed by atoms with E-state index in [-0.39, 0.29) is 0 Å². The molecule has 0 amide bonds. The fourth-order valence-corrected chi connectivity index (χ4v) is 3.76. The van der Waals surface area contributed by atoms with Crippen LogP contribution in [-0.2, 0) is 12.8 Å². The van der Waals surface area contributed by atoms with Gasteiger partial charge in [0, 0.05) is 29.2 Å². The highest BCUT2D eigenvalue weighted by Crippen LogP contribution is 2.29. The van der Waals surface area contributed by atoms with Gasteiger partial charge in [0.1, 0.15) is 17.3 Å². The molecule has 138 valence electrons. The lowest BCUT2D eigenvalue weighted by molar-refractivity contribution is 0.336. The number of benzene rings is 2. The number of methoxy groups -OCH3 is 1. The molecule has 0 saturated heterocycles. The van der Waals surface area contributed by atoms with Gasteiger partial charge in [0.05, 0.1) is 20.3 Å². The van der Waals surface area contributed by atoms with Crippen molar-refractivity contribution in [2.75, 3.05) is 33.9 Å². The zero-order chi connectivity index (χ0) is 18.5. The molecule has 0 saturated carbocycles. The Labute approximate surface area is 164 Å². The summed E-state index contributed by atoms with van der Waals surface area (Å²) in [5, 5.41) is 0. The van der Waals surface area contributed by atoms with Crippen LogP contribution in [0.5, 0.6) is 11.5 Å². The van der Waals surface area contributed by atoms with Gasteiger partial charge in [0.25, 0.3) is 0 Å². The second-order valence-electron chi connectivity index (χ2n) is 6.30. The van der Waals surface area contributed by atoms with E-state index in [1.165, 1.54) is 16.7 Å². The maximum Gasteiger partial charge on any atom is 0.131 e. The average Bonchev–Trinajstić information content (AvgIpc) is 3.06. The van der Waals surface area contributed by atoms with Crippen molar-refractivity contribution in [3.8, 4) is 11.5 Å². The second kappa shape index (κ2) is 8.58. The van der Waals surface area contributed by atoms with Gasteiger partial charge >= 0.3 is 0 Å². The molecule has 0 fully saturated rings. The molecule has 0 atom stereocenters. The van der Waals surface area contributed by atoms with Crippen molar-refractivity contribution in [1.29, 1.82) is 0 Å². The molecule has 1 aliphatic rings. The number of aryl methyl sites for hydroxylation is 1. The Kier molecular flexibility index (Phi) is 6.20. The molecule has 0 radical (unpaired) electrons. The molecule has 0 spiro atoms. The minimum absolute atomic E-state index is 0.652. The zero-order valence-corrected chi connectivity index (χ0v) is 17.2. The van der Waals surface area contributed by atoms with Crippen molar-refractivity contribution >= 4 is 21.8 Å². The molecule has 3 rings (SSSR count). The summed E-state index contributed by atoms with van der Waals surface area (Å²) in [7, 11) is 3.81. The molecule has 0 unspecified atom stereocenters. The molecule has 1 heterocycles. The third-order valence-electron chi connectivity index (χ3n) is 4.62. The number of hydrogen-bond donors (Lipinski definition) is 0. The van der Waals surface area contributed by atoms with E-state index in [0.29, 0.717) is 6.61 Å². The van der Waals surface area contributed by atoms with Gasteiger partial charge in [-0.2, -0.15) is 0 Å². The maximum atomic E-state index is 5.93. The van der Waals surface area contributed by atoms with Gasteiger partial charge in [-0.05, 0) is 49.6 Å². The van der Waals surface area contributed by atoms with Crippen LogP contribution >= 0.6 is 15.9 Å². The van der Waals surface area contributed by atoms with Gasteiger partial charge in [-0.3, -0.25) is 4.99 Å². The van der Waals surface area contributed by atoms with Gasteiger partial charge in [-0.1, -0.05) is 28.1 Å². The molecule has 1 aliphatic heterocycles. The quantitative estimate of drug-likeness (QED) is 0.673. The molecule has 0 N–H and O–H groups in total. The summed E-state index contributed by atoms with van der Waals surface area (Å²) in [5.74, 6) is 2.92. The molecular formula is C21H25BrN2O2. The van der Waals surface area contributed by atoms with Crippen molar-refractivity contribution in [3.05, 3.63) is 57.6 Å². The van der Waals surface area contributed by atoms with Gasteiger partial charge in [0.15, 0.2) is 0 Å². The van der Waals surface area contributed by atoms with Crippen molar-refractivity contribution < 1.29 is 9.47 Å². The largest absolute Gasteiger partial charge is 0.496 e. The number of nitrogens with zero attached hydrogens (tertiary/aromatic N) is 2. The lowest BCUT2D eigenvalue weighted by atomic mass is 9.97. The molecule has 0 bridgehead atoms. The van der Waals surface area contributed by atoms with Crippen LogP contribution in [0.15, 0.2) is 45.9 Å². The molecule has 0 aliphatic carbocycles. The summed E-state index contributed by atoms with van der Waals surface area (Å²) < 4.78 is 12.5. The van der Waals surface area contributed by atoms with Crippen LogP contribution in [-0.4, -0.2) is 44.6 Å². The van der Waals surface area contributed by atoms with Gasteiger partial charge in [-0.15, -0.1) is 0 Å². The summed E-state index contributed by atoms with van der Waals surface area (Å²) in [4.78, 5) is 6.92. The van der Waals surface area contributed by atoms with E-state index in [2.05, 4.69) is 52.1 Å². The van der Waals surface area contributed by atoms with Gasteiger partial charge in [0.2, 0.25) is 0 Å². The Morgan fingerprint density at radius 2 is 2.00 bits per heavy atom. The number of hydrogen-bond acceptors (Lipinski definition) is 4. The van der Waals surface area contributed by atoms with E-state index in [0.717, 1.165) is 47.7 Å². The summed E-state index contributed by atoms with van der Waals surface area (Å²) in [6.07, 6.45) is 1.74. The number of amidine groups is 1. The van der Waals surface area contributed by atoms with Crippen molar-refractivity contribution in [2.45, 2.75) is 19.8 Å². The molecular weight excluding hydrogens is 392 g/mol. The minimum Gasteiger partial charge on any atom is -0.496 e. The Bertz CT molecular complexity index is 805. The zero-order valence-electron chi connectivity index (χ0n) is 15.6. The number of ether oxygens (including phenoxy) is 2. The standard InChI is InChI=1S/C21H25BrN2O2/c1-4-26-20-7-5-6-18(21-23-12-13-24(21)2)17(20)10-8-15-14-16(22)9-11-19(15)25-3/h5-7,9,11,14H,4,8,10,12-13H2,1-3H3. The van der Waals surface area contributed by atoms with E-state index in [4.69, 9.17) is 14.5 Å². The Balaban J connectivity index is 1.94. The van der Waals surface area contributed by atoms with Crippen LogP contribution in [0.1, 0.15) is 23.6 Å². The van der Waals surface area contributed by atoms with E-state index in [1.54, 1.807) is 7.11 Å². The van der Waals surface area contributed by atoms with E-state index >= 15 is 0 Å². The van der Waals surface area contributed by atoms with Crippen LogP contribution in [0.4, 0.5) is 0 Å². The summed E-state index contributed by atoms with van der Waals surface area (Å²) in [6.45, 7) is 4.49. The highest BCUT2D eigenvalue weighted by atomic mass is 79.9. The predicted molar refractivity (Wildman–Crippen MR) is 110 cm³/mol. The van der Waals surface area contributed by atoms with E-state index in [1.807, 2.05) is 19.1 Å². The highest BCUT2D eigenvalue weighted by Gasteiger charge is 2.20. The first-order chi connectivity index (χ1) is 12.6. The van der Waals surface area contributed by atoms with Crippen LogP contribution in [0.25, 0.3) is 0 Å². The van der Waals surface area contributed by atoms with Crippen LogP contribution < -0.4 is 9.47 Å². The first-order valence-electron chi connectivity index (χ1n) is 8.97. The van der Waals surface area contributed by atoms with Gasteiger partial charge < -0.3 is 14.4 Å². The summed E-state index contributed by atoms with van der Waals surface area (Å²) in [5.41, 5.74) is 3.56. The smallest absolute Gasteiger partial charge is 0.131 e. The number of rotatable bonds is 7. The molecule has 4 nitrogen and oxygen atoms in total. The number of halogens is 1. The third-order valence-corrected chi connectivity index (χ3v) is 5.11.